The second-order valence-electron chi connectivity index (χ2n) is 3.61. The van der Waals surface area contributed by atoms with E-state index in [9.17, 15) is 4.39 Å². The summed E-state index contributed by atoms with van der Waals surface area (Å²) >= 11 is 0. The van der Waals surface area contributed by atoms with E-state index in [4.69, 9.17) is 5.73 Å². The van der Waals surface area contributed by atoms with Gasteiger partial charge in [-0.3, -0.25) is 0 Å². The zero-order valence-corrected chi connectivity index (χ0v) is 8.18. The van der Waals surface area contributed by atoms with Crippen molar-refractivity contribution < 1.29 is 4.39 Å². The Morgan fingerprint density at radius 1 is 1.46 bits per heavy atom. The molecule has 0 radical (unpaired) electrons. The average Bonchev–Trinajstić information content (AvgIpc) is 2.06. The largest absolute Gasteiger partial charge is 0.328 e. The minimum absolute atomic E-state index is 0.119. The average molecular weight is 181 g/mol. The van der Waals surface area contributed by atoms with Crippen molar-refractivity contribution in [1.29, 1.82) is 0 Å². The highest BCUT2D eigenvalue weighted by Crippen LogP contribution is 2.12. The van der Waals surface area contributed by atoms with Gasteiger partial charge in [0.1, 0.15) is 5.82 Å². The second-order valence-corrected chi connectivity index (χ2v) is 3.61. The molecule has 1 aromatic carbocycles. The molecule has 0 saturated heterocycles. The Bertz CT molecular complexity index is 281. The fourth-order valence-electron chi connectivity index (χ4n) is 1.28. The molecule has 1 nitrogen and oxygen atoms in total. The number of rotatable bonds is 3. The highest BCUT2D eigenvalue weighted by Gasteiger charge is 2.03. The molecular weight excluding hydrogens is 165 g/mol. The van der Waals surface area contributed by atoms with Crippen molar-refractivity contribution >= 4 is 0 Å². The first-order valence-corrected chi connectivity index (χ1v) is 4.60. The summed E-state index contributed by atoms with van der Waals surface area (Å²) in [7, 11) is 0. The second kappa shape index (κ2) is 4.38. The molecule has 1 rings (SSSR count). The molecule has 2 heteroatoms. The predicted octanol–water partition coefficient (Wildman–Crippen LogP) is 2.41. The van der Waals surface area contributed by atoms with Gasteiger partial charge in [-0.05, 0) is 38.3 Å². The van der Waals surface area contributed by atoms with Crippen LogP contribution in [0.15, 0.2) is 18.2 Å². The number of aryl methyl sites for hydroxylation is 2. The van der Waals surface area contributed by atoms with Gasteiger partial charge in [0.2, 0.25) is 0 Å². The molecular formula is C11H16FN. The molecule has 0 fully saturated rings. The van der Waals surface area contributed by atoms with E-state index >= 15 is 0 Å². The Kier molecular flexibility index (Phi) is 3.43. The van der Waals surface area contributed by atoms with Crippen LogP contribution in [-0.2, 0) is 6.42 Å². The molecule has 0 amide bonds. The molecule has 0 aliphatic rings. The first-order valence-electron chi connectivity index (χ1n) is 4.60. The molecule has 0 aromatic heterocycles. The molecule has 0 aliphatic carbocycles. The maximum atomic E-state index is 13.2. The molecule has 2 N–H and O–H groups in total. The maximum absolute atomic E-state index is 13.2. The van der Waals surface area contributed by atoms with E-state index < -0.39 is 0 Å². The molecule has 72 valence electrons. The van der Waals surface area contributed by atoms with Gasteiger partial charge in [-0.1, -0.05) is 17.7 Å². The molecule has 13 heavy (non-hydrogen) atoms. The number of hydrogen-bond donors (Lipinski definition) is 1. The van der Waals surface area contributed by atoms with E-state index in [0.717, 1.165) is 24.0 Å². The molecule has 1 aromatic rings. The van der Waals surface area contributed by atoms with Gasteiger partial charge >= 0.3 is 0 Å². The molecule has 0 bridgehead atoms. The van der Waals surface area contributed by atoms with Crippen molar-refractivity contribution in [3.8, 4) is 0 Å². The summed E-state index contributed by atoms with van der Waals surface area (Å²) in [6.07, 6.45) is 1.56. The quantitative estimate of drug-likeness (QED) is 0.761. The van der Waals surface area contributed by atoms with Gasteiger partial charge in [0.15, 0.2) is 0 Å². The van der Waals surface area contributed by atoms with E-state index in [1.807, 2.05) is 19.9 Å². The van der Waals surface area contributed by atoms with Gasteiger partial charge in [0, 0.05) is 6.04 Å². The standard InChI is InChI=1S/C11H16FN/c1-8-3-6-11(12)10(7-8)5-4-9(2)13/h3,6-7,9H,4-5,13H2,1-2H3/t9-/m1/s1. The smallest absolute Gasteiger partial charge is 0.126 e. The lowest BCUT2D eigenvalue weighted by Crippen LogP contribution is -2.15. The van der Waals surface area contributed by atoms with Crippen LogP contribution in [0.3, 0.4) is 0 Å². The fraction of sp³-hybridized carbons (Fsp3) is 0.455. The summed E-state index contributed by atoms with van der Waals surface area (Å²) < 4.78 is 13.2. The van der Waals surface area contributed by atoms with Crippen molar-refractivity contribution in [2.75, 3.05) is 0 Å². The summed E-state index contributed by atoms with van der Waals surface area (Å²) in [5, 5.41) is 0. The van der Waals surface area contributed by atoms with Crippen LogP contribution >= 0.6 is 0 Å². The highest BCUT2D eigenvalue weighted by atomic mass is 19.1. The van der Waals surface area contributed by atoms with E-state index in [0.29, 0.717) is 0 Å². The van der Waals surface area contributed by atoms with Gasteiger partial charge < -0.3 is 5.73 Å². The fourth-order valence-corrected chi connectivity index (χ4v) is 1.28. The van der Waals surface area contributed by atoms with Crippen LogP contribution in [0, 0.1) is 12.7 Å². The summed E-state index contributed by atoms with van der Waals surface area (Å²) in [6.45, 7) is 3.91. The van der Waals surface area contributed by atoms with Crippen molar-refractivity contribution in [2.24, 2.45) is 5.73 Å². The van der Waals surface area contributed by atoms with Crippen molar-refractivity contribution in [2.45, 2.75) is 32.7 Å². The van der Waals surface area contributed by atoms with Crippen molar-refractivity contribution in [3.63, 3.8) is 0 Å². The Morgan fingerprint density at radius 3 is 2.77 bits per heavy atom. The van der Waals surface area contributed by atoms with E-state index in [1.165, 1.54) is 6.07 Å². The van der Waals surface area contributed by atoms with Crippen molar-refractivity contribution in [3.05, 3.63) is 35.1 Å². The lowest BCUT2D eigenvalue weighted by Gasteiger charge is -2.06. The Morgan fingerprint density at radius 2 is 2.15 bits per heavy atom. The zero-order chi connectivity index (χ0) is 9.84. The molecule has 0 spiro atoms. The van der Waals surface area contributed by atoms with Crippen LogP contribution in [0.2, 0.25) is 0 Å². The summed E-state index contributed by atoms with van der Waals surface area (Å²) in [6, 6.07) is 5.33. The van der Waals surface area contributed by atoms with E-state index in [-0.39, 0.29) is 11.9 Å². The first-order chi connectivity index (χ1) is 6.09. The third-order valence-corrected chi connectivity index (χ3v) is 2.07. The van der Waals surface area contributed by atoms with Gasteiger partial charge in [-0.2, -0.15) is 0 Å². The molecule has 1 atom stereocenters. The monoisotopic (exact) mass is 181 g/mol. The van der Waals surface area contributed by atoms with Crippen LogP contribution in [0.5, 0.6) is 0 Å². The Hall–Kier alpha value is -0.890. The predicted molar refractivity (Wildman–Crippen MR) is 53.1 cm³/mol. The lowest BCUT2D eigenvalue weighted by atomic mass is 10.0. The van der Waals surface area contributed by atoms with E-state index in [2.05, 4.69) is 0 Å². The molecule has 0 unspecified atom stereocenters. The first kappa shape index (κ1) is 10.2. The van der Waals surface area contributed by atoms with Gasteiger partial charge in [-0.25, -0.2) is 4.39 Å². The van der Waals surface area contributed by atoms with Crippen LogP contribution in [0.25, 0.3) is 0 Å². The third-order valence-electron chi connectivity index (χ3n) is 2.07. The number of benzene rings is 1. The molecule has 0 heterocycles. The van der Waals surface area contributed by atoms with Crippen LogP contribution in [0.4, 0.5) is 4.39 Å². The van der Waals surface area contributed by atoms with Gasteiger partial charge in [0.05, 0.1) is 0 Å². The number of nitrogens with two attached hydrogens (primary N) is 1. The lowest BCUT2D eigenvalue weighted by molar-refractivity contribution is 0.590. The number of hydrogen-bond acceptors (Lipinski definition) is 1. The Balaban J connectivity index is 2.70. The molecule has 0 aliphatic heterocycles. The molecule has 0 saturated carbocycles. The maximum Gasteiger partial charge on any atom is 0.126 e. The minimum Gasteiger partial charge on any atom is -0.328 e. The summed E-state index contributed by atoms with van der Waals surface area (Å²) in [4.78, 5) is 0. The normalized spacial score (nSPS) is 12.9. The van der Waals surface area contributed by atoms with Crippen LogP contribution in [-0.4, -0.2) is 6.04 Å². The zero-order valence-electron chi connectivity index (χ0n) is 8.18. The third kappa shape index (κ3) is 3.15. The minimum atomic E-state index is -0.119. The SMILES string of the molecule is Cc1ccc(F)c(CC[C@@H](C)N)c1. The van der Waals surface area contributed by atoms with Crippen LogP contribution < -0.4 is 5.73 Å². The van der Waals surface area contributed by atoms with Crippen LogP contribution in [0.1, 0.15) is 24.5 Å². The highest BCUT2D eigenvalue weighted by molar-refractivity contribution is 5.24. The summed E-state index contributed by atoms with van der Waals surface area (Å²) in [5.41, 5.74) is 7.48. The Labute approximate surface area is 78.8 Å². The van der Waals surface area contributed by atoms with Gasteiger partial charge in [-0.15, -0.1) is 0 Å². The topological polar surface area (TPSA) is 26.0 Å². The van der Waals surface area contributed by atoms with E-state index in [1.54, 1.807) is 6.07 Å². The van der Waals surface area contributed by atoms with Gasteiger partial charge in [0.25, 0.3) is 0 Å². The number of halogens is 1. The summed E-state index contributed by atoms with van der Waals surface area (Å²) in [5.74, 6) is -0.119. The van der Waals surface area contributed by atoms with Crippen molar-refractivity contribution in [1.82, 2.24) is 0 Å².